The van der Waals surface area contributed by atoms with Crippen molar-refractivity contribution in [3.8, 4) is 6.07 Å². The van der Waals surface area contributed by atoms with Crippen LogP contribution in [-0.4, -0.2) is 30.9 Å². The molecule has 1 atom stereocenters. The number of nitriles is 1. The van der Waals surface area contributed by atoms with Crippen LogP contribution in [-0.2, 0) is 23.6 Å². The number of benzene rings is 1. The first-order valence-electron chi connectivity index (χ1n) is 9.94. The van der Waals surface area contributed by atoms with E-state index >= 15 is 0 Å². The summed E-state index contributed by atoms with van der Waals surface area (Å²) in [5, 5.41) is 9.83. The van der Waals surface area contributed by atoms with Gasteiger partial charge >= 0.3 is 13.1 Å². The third-order valence-corrected chi connectivity index (χ3v) is 5.92. The van der Waals surface area contributed by atoms with Crippen LogP contribution in [0.1, 0.15) is 53.0 Å². The third kappa shape index (κ3) is 3.60. The maximum atomic E-state index is 12.8. The first kappa shape index (κ1) is 21.9. The summed E-state index contributed by atoms with van der Waals surface area (Å²) in [6.45, 7) is 11.4. The maximum Gasteiger partial charge on any atom is 0.495 e. The van der Waals surface area contributed by atoms with Crippen LogP contribution < -0.4 is 11.2 Å². The number of hydrogen-bond acceptors (Lipinski definition) is 7. The number of esters is 1. The molecule has 7 nitrogen and oxygen atoms in total. The van der Waals surface area contributed by atoms with Gasteiger partial charge in [-0.15, -0.1) is 0 Å². The van der Waals surface area contributed by atoms with Gasteiger partial charge in [-0.1, -0.05) is 24.3 Å². The molecule has 0 bridgehead atoms. The van der Waals surface area contributed by atoms with Crippen LogP contribution >= 0.6 is 0 Å². The van der Waals surface area contributed by atoms with E-state index in [9.17, 15) is 10.1 Å². The van der Waals surface area contributed by atoms with Gasteiger partial charge < -0.3 is 24.5 Å². The number of carbonyl (C=O) groups is 1. The Morgan fingerprint density at radius 2 is 1.83 bits per heavy atom. The van der Waals surface area contributed by atoms with Crippen LogP contribution in [0, 0.1) is 11.3 Å². The predicted molar refractivity (Wildman–Crippen MR) is 112 cm³/mol. The van der Waals surface area contributed by atoms with E-state index in [1.807, 2.05) is 52.0 Å². The summed E-state index contributed by atoms with van der Waals surface area (Å²) in [7, 11) is -0.668. The number of nitrogens with two attached hydrogens (primary N) is 1. The fraction of sp³-hybridized carbons (Fsp3) is 0.455. The molecular formula is C22H27BN2O5. The molecule has 8 heteroatoms. The molecule has 0 radical (unpaired) electrons. The molecule has 2 aliphatic rings. The lowest BCUT2D eigenvalue weighted by atomic mass is 9.70. The molecule has 0 aromatic heterocycles. The summed E-state index contributed by atoms with van der Waals surface area (Å²) in [6, 6.07) is 9.52. The van der Waals surface area contributed by atoms with Crippen molar-refractivity contribution in [2.45, 2.75) is 58.7 Å². The minimum atomic E-state index is -0.752. The highest BCUT2D eigenvalue weighted by Crippen LogP contribution is 2.41. The number of hydrogen-bond donors (Lipinski definition) is 1. The van der Waals surface area contributed by atoms with Gasteiger partial charge in [0.25, 0.3) is 0 Å². The minimum Gasteiger partial charge on any atom is -0.463 e. The lowest BCUT2D eigenvalue weighted by Gasteiger charge is -2.32. The molecule has 30 heavy (non-hydrogen) atoms. The molecular weight excluding hydrogens is 383 g/mol. The fourth-order valence-electron chi connectivity index (χ4n) is 3.62. The van der Waals surface area contributed by atoms with Crippen molar-refractivity contribution in [2.24, 2.45) is 5.73 Å². The Bertz CT molecular complexity index is 958. The number of rotatable bonds is 4. The molecule has 1 fully saturated rings. The normalized spacial score (nSPS) is 22.6. The summed E-state index contributed by atoms with van der Waals surface area (Å²) in [6.07, 6.45) is 0. The van der Waals surface area contributed by atoms with E-state index in [1.54, 1.807) is 13.8 Å². The predicted octanol–water partition coefficient (Wildman–Crippen LogP) is 2.63. The average Bonchev–Trinajstić information content (AvgIpc) is 2.88. The van der Waals surface area contributed by atoms with Gasteiger partial charge in [0.15, 0.2) is 0 Å². The molecule has 2 heterocycles. The van der Waals surface area contributed by atoms with Gasteiger partial charge in [0, 0.05) is 0 Å². The van der Waals surface area contributed by atoms with Crippen LogP contribution in [0.4, 0.5) is 0 Å². The highest BCUT2D eigenvalue weighted by Gasteiger charge is 2.53. The smallest absolute Gasteiger partial charge is 0.463 e. The molecule has 1 aromatic carbocycles. The second kappa shape index (κ2) is 7.82. The Balaban J connectivity index is 2.17. The lowest BCUT2D eigenvalue weighted by Crippen LogP contribution is -2.41. The Morgan fingerprint density at radius 3 is 2.40 bits per heavy atom. The molecule has 2 aliphatic heterocycles. The van der Waals surface area contributed by atoms with Gasteiger partial charge in [0.1, 0.15) is 17.4 Å². The van der Waals surface area contributed by atoms with Gasteiger partial charge in [-0.2, -0.15) is 5.26 Å². The van der Waals surface area contributed by atoms with Crippen molar-refractivity contribution in [1.29, 1.82) is 5.26 Å². The van der Waals surface area contributed by atoms with Crippen LogP contribution in [0.3, 0.4) is 0 Å². The second-order valence-electron chi connectivity index (χ2n) is 8.33. The summed E-state index contributed by atoms with van der Waals surface area (Å²) in [4.78, 5) is 12.8. The first-order valence-corrected chi connectivity index (χ1v) is 9.94. The zero-order valence-electron chi connectivity index (χ0n) is 18.2. The molecule has 158 valence electrons. The Kier molecular flexibility index (Phi) is 5.72. The summed E-state index contributed by atoms with van der Waals surface area (Å²) < 4.78 is 23.2. The molecule has 0 aliphatic carbocycles. The van der Waals surface area contributed by atoms with Crippen molar-refractivity contribution in [3.63, 3.8) is 0 Å². The quantitative estimate of drug-likeness (QED) is 0.601. The van der Waals surface area contributed by atoms with E-state index in [-0.39, 0.29) is 23.6 Å². The molecule has 1 unspecified atom stereocenters. The summed E-state index contributed by atoms with van der Waals surface area (Å²) in [5.74, 6) is -1.03. The molecule has 2 N–H and O–H groups in total. The molecule has 0 spiro atoms. The van der Waals surface area contributed by atoms with Crippen molar-refractivity contribution >= 4 is 18.6 Å². The van der Waals surface area contributed by atoms with Gasteiger partial charge in [-0.25, -0.2) is 4.79 Å². The van der Waals surface area contributed by atoms with Gasteiger partial charge in [-0.3, -0.25) is 0 Å². The third-order valence-electron chi connectivity index (χ3n) is 5.92. The van der Waals surface area contributed by atoms with Crippen molar-refractivity contribution < 1.29 is 23.6 Å². The molecule has 3 rings (SSSR count). The van der Waals surface area contributed by atoms with Crippen molar-refractivity contribution in [3.05, 3.63) is 52.6 Å². The molecule has 1 saturated heterocycles. The van der Waals surface area contributed by atoms with E-state index < -0.39 is 30.2 Å². The Hall–Kier alpha value is -2.76. The van der Waals surface area contributed by atoms with Crippen LogP contribution in [0.25, 0.3) is 0 Å². The zero-order chi connectivity index (χ0) is 22.3. The second-order valence-corrected chi connectivity index (χ2v) is 8.33. The van der Waals surface area contributed by atoms with Gasteiger partial charge in [0.05, 0.1) is 29.3 Å². The van der Waals surface area contributed by atoms with Crippen LogP contribution in [0.5, 0.6) is 0 Å². The highest BCUT2D eigenvalue weighted by atomic mass is 16.7. The maximum absolute atomic E-state index is 12.8. The van der Waals surface area contributed by atoms with Crippen LogP contribution in [0.15, 0.2) is 47.1 Å². The number of allylic oxidation sites excluding steroid dienone is 2. The number of ether oxygens (including phenoxy) is 2. The van der Waals surface area contributed by atoms with Crippen molar-refractivity contribution in [2.75, 3.05) is 6.61 Å². The molecule has 0 amide bonds. The van der Waals surface area contributed by atoms with Crippen molar-refractivity contribution in [1.82, 2.24) is 0 Å². The van der Waals surface area contributed by atoms with Crippen LogP contribution in [0.2, 0.25) is 0 Å². The van der Waals surface area contributed by atoms with E-state index in [1.165, 1.54) is 0 Å². The number of nitrogens with zero attached hydrogens (tertiary/aromatic N) is 1. The minimum absolute atomic E-state index is 0.0308. The largest absolute Gasteiger partial charge is 0.495 e. The SMILES string of the molecule is CCOC(=O)C1=C(C)OC(N)=C(C#N)C1c1ccccc1B1OC(C)(C)C(C)(C)O1. The molecule has 0 saturated carbocycles. The summed E-state index contributed by atoms with van der Waals surface area (Å²) >= 11 is 0. The van der Waals surface area contributed by atoms with E-state index in [0.29, 0.717) is 11.3 Å². The van der Waals surface area contributed by atoms with E-state index in [2.05, 4.69) is 6.07 Å². The average molecular weight is 410 g/mol. The van der Waals surface area contributed by atoms with E-state index in [4.69, 9.17) is 24.5 Å². The summed E-state index contributed by atoms with van der Waals surface area (Å²) in [5.41, 5.74) is 6.73. The topological polar surface area (TPSA) is 104 Å². The number of carbonyl (C=O) groups excluding carboxylic acids is 1. The Morgan fingerprint density at radius 1 is 1.23 bits per heavy atom. The molecule has 1 aromatic rings. The lowest BCUT2D eigenvalue weighted by molar-refractivity contribution is -0.139. The first-order chi connectivity index (χ1) is 14.0. The van der Waals surface area contributed by atoms with E-state index in [0.717, 1.165) is 5.46 Å². The monoisotopic (exact) mass is 410 g/mol. The highest BCUT2D eigenvalue weighted by molar-refractivity contribution is 6.62. The van der Waals surface area contributed by atoms with Gasteiger partial charge in [-0.05, 0) is 52.6 Å². The Labute approximate surface area is 177 Å². The fourth-order valence-corrected chi connectivity index (χ4v) is 3.62. The zero-order valence-corrected chi connectivity index (χ0v) is 18.2. The van der Waals surface area contributed by atoms with Gasteiger partial charge in [0.2, 0.25) is 5.88 Å². The standard InChI is InChI=1S/C22H27BN2O5/c1-7-27-20(26)17-13(2)28-19(25)15(12-24)18(17)14-10-8-9-11-16(14)23-29-21(3,4)22(5,6)30-23/h8-11,18H,7,25H2,1-6H3.